The number of nitrogens with one attached hydrogen (secondary N) is 1. The van der Waals surface area contributed by atoms with Gasteiger partial charge in [-0.3, -0.25) is 0 Å². The van der Waals surface area contributed by atoms with Crippen molar-refractivity contribution in [2.24, 2.45) is 0 Å². The fraction of sp³-hybridized carbons (Fsp3) is 0.625. The van der Waals surface area contributed by atoms with Crippen LogP contribution in [0.1, 0.15) is 12.5 Å². The molecule has 30 heavy (non-hydrogen) atoms. The molecule has 1 aromatic carbocycles. The van der Waals surface area contributed by atoms with Crippen LogP contribution in [0.4, 0.5) is 57.1 Å². The van der Waals surface area contributed by atoms with E-state index >= 15 is 0 Å². The first kappa shape index (κ1) is 26.3. The third kappa shape index (κ3) is 4.06. The molecule has 14 heteroatoms. The molecule has 0 amide bonds. The number of halogens is 13. The Hall–Kier alpha value is -1.73. The summed E-state index contributed by atoms with van der Waals surface area (Å²) in [6.45, 7) is 0.473. The number of likely N-dealkylation sites (N-methyl/N-ethyl adjacent to an activating group) is 1. The zero-order valence-corrected chi connectivity index (χ0v) is 14.8. The maximum absolute atomic E-state index is 14.3. The lowest BCUT2D eigenvalue weighted by Gasteiger charge is -2.42. The molecule has 0 aliphatic heterocycles. The zero-order valence-electron chi connectivity index (χ0n) is 14.8. The molecule has 1 rings (SSSR count). The summed E-state index contributed by atoms with van der Waals surface area (Å²) in [5.41, 5.74) is -0.158. The van der Waals surface area contributed by atoms with Crippen LogP contribution in [-0.4, -0.2) is 48.4 Å². The molecular formula is C16H14F13N. The second kappa shape index (κ2) is 8.08. The summed E-state index contributed by atoms with van der Waals surface area (Å²) in [4.78, 5) is 0. The van der Waals surface area contributed by atoms with Gasteiger partial charge in [-0.05, 0) is 18.5 Å². The third-order valence-electron chi connectivity index (χ3n) is 4.13. The van der Waals surface area contributed by atoms with E-state index in [1.165, 1.54) is 18.2 Å². The molecule has 0 fully saturated rings. The fourth-order valence-electron chi connectivity index (χ4n) is 2.43. The van der Waals surface area contributed by atoms with Crippen molar-refractivity contribution in [3.8, 4) is 0 Å². The van der Waals surface area contributed by atoms with E-state index in [1.807, 2.05) is 0 Å². The van der Waals surface area contributed by atoms with Gasteiger partial charge in [-0.25, -0.2) is 0 Å². The molecule has 0 aromatic heterocycles. The van der Waals surface area contributed by atoms with Crippen molar-refractivity contribution in [3.05, 3.63) is 35.9 Å². The molecule has 0 saturated heterocycles. The number of hydrogen-bond acceptors (Lipinski definition) is 1. The van der Waals surface area contributed by atoms with E-state index in [1.54, 1.807) is 5.32 Å². The summed E-state index contributed by atoms with van der Waals surface area (Å²) in [7, 11) is 0. The lowest BCUT2D eigenvalue weighted by molar-refractivity contribution is -0.441. The molecule has 1 unspecified atom stereocenters. The predicted octanol–water partition coefficient (Wildman–Crippen LogP) is 5.95. The van der Waals surface area contributed by atoms with Gasteiger partial charge in [0.15, 0.2) is 0 Å². The van der Waals surface area contributed by atoms with Crippen molar-refractivity contribution in [1.29, 1.82) is 0 Å². The van der Waals surface area contributed by atoms with E-state index in [0.29, 0.717) is 0 Å². The summed E-state index contributed by atoms with van der Waals surface area (Å²) < 4.78 is 172. The number of hydrogen-bond donors (Lipinski definition) is 1. The van der Waals surface area contributed by atoms with E-state index in [9.17, 15) is 57.1 Å². The quantitative estimate of drug-likeness (QED) is 0.443. The molecule has 1 aromatic rings. The molecule has 0 heterocycles. The maximum atomic E-state index is 14.3. The fourth-order valence-corrected chi connectivity index (χ4v) is 2.43. The average Bonchev–Trinajstić information content (AvgIpc) is 2.60. The Kier molecular flexibility index (Phi) is 7.08. The SMILES string of the molecule is CCNC(Cc1ccccc1)C(F)(F)C(F)(F)C(F)(F)C(F)(F)C(F)(F)C(F)(F)F. The second-order valence-corrected chi connectivity index (χ2v) is 6.22. The van der Waals surface area contributed by atoms with Gasteiger partial charge in [0, 0.05) is 0 Å². The molecule has 0 aliphatic carbocycles. The molecule has 1 atom stereocenters. The Labute approximate surface area is 161 Å². The van der Waals surface area contributed by atoms with Crippen molar-refractivity contribution in [2.75, 3.05) is 6.54 Å². The molecule has 0 bridgehead atoms. The average molecular weight is 467 g/mol. The van der Waals surface area contributed by atoms with Crippen LogP contribution in [0.2, 0.25) is 0 Å². The summed E-state index contributed by atoms with van der Waals surface area (Å²) in [6, 6.07) is 3.00. The Morgan fingerprint density at radius 1 is 0.667 bits per heavy atom. The molecule has 1 N–H and O–H groups in total. The van der Waals surface area contributed by atoms with Crippen molar-refractivity contribution >= 4 is 0 Å². The third-order valence-corrected chi connectivity index (χ3v) is 4.13. The number of alkyl halides is 13. The lowest BCUT2D eigenvalue weighted by atomic mass is 9.88. The highest BCUT2D eigenvalue weighted by molar-refractivity contribution is 5.19. The van der Waals surface area contributed by atoms with E-state index < -0.39 is 54.8 Å². The van der Waals surface area contributed by atoms with Crippen LogP contribution in [0.5, 0.6) is 0 Å². The zero-order chi connectivity index (χ0) is 23.8. The topological polar surface area (TPSA) is 12.0 Å². The van der Waals surface area contributed by atoms with Crippen molar-refractivity contribution in [3.63, 3.8) is 0 Å². The van der Waals surface area contributed by atoms with Crippen LogP contribution in [0.15, 0.2) is 30.3 Å². The molecular weight excluding hydrogens is 453 g/mol. The first-order valence-electron chi connectivity index (χ1n) is 8.02. The second-order valence-electron chi connectivity index (χ2n) is 6.22. The first-order chi connectivity index (χ1) is 13.3. The summed E-state index contributed by atoms with van der Waals surface area (Å²) in [6.07, 6.45) is -8.58. The van der Waals surface area contributed by atoms with E-state index in [4.69, 9.17) is 0 Å². The van der Waals surface area contributed by atoms with Crippen LogP contribution >= 0.6 is 0 Å². The first-order valence-corrected chi connectivity index (χ1v) is 8.02. The van der Waals surface area contributed by atoms with Gasteiger partial charge >= 0.3 is 35.8 Å². The van der Waals surface area contributed by atoms with Gasteiger partial charge in [-0.2, -0.15) is 57.1 Å². The van der Waals surface area contributed by atoms with Crippen LogP contribution in [0.25, 0.3) is 0 Å². The van der Waals surface area contributed by atoms with Crippen molar-refractivity contribution < 1.29 is 57.1 Å². The molecule has 0 saturated carbocycles. The van der Waals surface area contributed by atoms with Gasteiger partial charge in [0.05, 0.1) is 6.04 Å². The van der Waals surface area contributed by atoms with Crippen LogP contribution in [0.3, 0.4) is 0 Å². The van der Waals surface area contributed by atoms with Crippen LogP contribution in [0, 0.1) is 0 Å². The summed E-state index contributed by atoms with van der Waals surface area (Å²) >= 11 is 0. The largest absolute Gasteiger partial charge is 0.460 e. The van der Waals surface area contributed by atoms with E-state index in [2.05, 4.69) is 0 Å². The molecule has 174 valence electrons. The smallest absolute Gasteiger partial charge is 0.308 e. The van der Waals surface area contributed by atoms with E-state index in [0.717, 1.165) is 19.1 Å². The van der Waals surface area contributed by atoms with Gasteiger partial charge in [0.25, 0.3) is 0 Å². The van der Waals surface area contributed by atoms with Crippen molar-refractivity contribution in [2.45, 2.75) is 55.2 Å². The van der Waals surface area contributed by atoms with Crippen molar-refractivity contribution in [1.82, 2.24) is 5.32 Å². The summed E-state index contributed by atoms with van der Waals surface area (Å²) in [5.74, 6) is -36.9. The molecule has 0 aliphatic rings. The van der Waals surface area contributed by atoms with Crippen LogP contribution < -0.4 is 5.32 Å². The predicted molar refractivity (Wildman–Crippen MR) is 78.4 cm³/mol. The Bertz CT molecular complexity index is 697. The minimum absolute atomic E-state index is 0.158. The number of rotatable bonds is 9. The minimum atomic E-state index is -7.89. The van der Waals surface area contributed by atoms with Gasteiger partial charge in [0.1, 0.15) is 0 Å². The normalized spacial score (nSPS) is 15.9. The number of benzene rings is 1. The van der Waals surface area contributed by atoms with Crippen LogP contribution in [-0.2, 0) is 6.42 Å². The van der Waals surface area contributed by atoms with E-state index in [-0.39, 0.29) is 5.56 Å². The van der Waals surface area contributed by atoms with Gasteiger partial charge in [-0.15, -0.1) is 0 Å². The Balaban J connectivity index is 3.48. The molecule has 1 nitrogen and oxygen atoms in total. The monoisotopic (exact) mass is 467 g/mol. The highest BCUT2D eigenvalue weighted by Crippen LogP contribution is 2.60. The highest BCUT2D eigenvalue weighted by Gasteiger charge is 2.91. The van der Waals surface area contributed by atoms with Gasteiger partial charge in [-0.1, -0.05) is 37.3 Å². The highest BCUT2D eigenvalue weighted by atomic mass is 19.4. The summed E-state index contributed by atoms with van der Waals surface area (Å²) in [5, 5.41) is 1.65. The standard InChI is InChI=1S/C16H14F13N/c1-2-30-10(8-9-6-4-3-5-7-9)11(17,18)12(19,20)13(21,22)14(23,24)15(25,26)16(27,28)29/h3-7,10,30H,2,8H2,1H3. The van der Waals surface area contributed by atoms with Gasteiger partial charge in [0.2, 0.25) is 0 Å². The maximum Gasteiger partial charge on any atom is 0.460 e. The van der Waals surface area contributed by atoms with Gasteiger partial charge < -0.3 is 5.32 Å². The lowest BCUT2D eigenvalue weighted by Crippen LogP contribution is -2.72. The molecule has 0 radical (unpaired) electrons. The Morgan fingerprint density at radius 2 is 1.10 bits per heavy atom. The molecule has 0 spiro atoms. The Morgan fingerprint density at radius 3 is 1.50 bits per heavy atom. The minimum Gasteiger partial charge on any atom is -0.308 e.